The molecule has 1 aliphatic heterocycles. The first-order valence-corrected chi connectivity index (χ1v) is 9.33. The van der Waals surface area contributed by atoms with Crippen LogP contribution in [-0.4, -0.2) is 39.4 Å². The van der Waals surface area contributed by atoms with E-state index < -0.39 is 0 Å². The van der Waals surface area contributed by atoms with Crippen molar-refractivity contribution >= 4 is 23.1 Å². The van der Waals surface area contributed by atoms with E-state index in [1.165, 1.54) is 6.33 Å². The van der Waals surface area contributed by atoms with Gasteiger partial charge in [-0.2, -0.15) is 5.10 Å². The summed E-state index contributed by atoms with van der Waals surface area (Å²) >= 11 is 6.18. The van der Waals surface area contributed by atoms with Crippen LogP contribution in [0.1, 0.15) is 12.8 Å². The molecule has 1 aromatic carbocycles. The van der Waals surface area contributed by atoms with Crippen molar-refractivity contribution in [3.8, 4) is 11.6 Å². The molecule has 1 aliphatic rings. The number of piperidine rings is 1. The lowest BCUT2D eigenvalue weighted by Gasteiger charge is -2.34. The molecule has 1 saturated heterocycles. The second-order valence-electron chi connectivity index (χ2n) is 6.58. The number of hydrogen-bond donors (Lipinski definition) is 1. The Labute approximate surface area is 162 Å². The minimum Gasteiger partial charge on any atom is -0.492 e. The Morgan fingerprint density at radius 3 is 2.85 bits per heavy atom. The molecule has 0 radical (unpaired) electrons. The van der Waals surface area contributed by atoms with Gasteiger partial charge in [-0.15, -0.1) is 0 Å². The number of benzene rings is 1. The monoisotopic (exact) mass is 384 g/mol. The predicted molar refractivity (Wildman–Crippen MR) is 105 cm³/mol. The van der Waals surface area contributed by atoms with E-state index in [1.54, 1.807) is 10.9 Å². The van der Waals surface area contributed by atoms with Crippen LogP contribution in [0, 0.1) is 5.92 Å². The third kappa shape index (κ3) is 3.83. The fourth-order valence-corrected chi connectivity index (χ4v) is 3.56. The number of nitrogens with two attached hydrogens (primary N) is 1. The molecule has 4 rings (SSSR count). The van der Waals surface area contributed by atoms with Gasteiger partial charge in [0.05, 0.1) is 11.6 Å². The van der Waals surface area contributed by atoms with Crippen molar-refractivity contribution < 1.29 is 4.74 Å². The van der Waals surface area contributed by atoms with Gasteiger partial charge in [-0.1, -0.05) is 23.7 Å². The maximum absolute atomic E-state index is 6.36. The molecule has 2 N–H and O–H groups in total. The number of hydrogen-bond acceptors (Lipinski definition) is 6. The Balaban J connectivity index is 1.47. The summed E-state index contributed by atoms with van der Waals surface area (Å²) in [5.41, 5.74) is 6.90. The molecule has 0 aliphatic carbocycles. The van der Waals surface area contributed by atoms with Crippen molar-refractivity contribution in [2.75, 3.05) is 30.3 Å². The highest BCUT2D eigenvalue weighted by molar-refractivity contribution is 6.32. The first-order valence-electron chi connectivity index (χ1n) is 8.95. The van der Waals surface area contributed by atoms with Crippen LogP contribution in [0.3, 0.4) is 0 Å². The maximum Gasteiger partial charge on any atom is 0.181 e. The molecule has 8 heteroatoms. The fourth-order valence-electron chi connectivity index (χ4n) is 3.37. The van der Waals surface area contributed by atoms with Gasteiger partial charge in [0.25, 0.3) is 0 Å². The van der Waals surface area contributed by atoms with E-state index >= 15 is 0 Å². The molecule has 2 aromatic heterocycles. The van der Waals surface area contributed by atoms with Crippen LogP contribution in [0.15, 0.2) is 49.1 Å². The van der Waals surface area contributed by atoms with Gasteiger partial charge >= 0.3 is 0 Å². The summed E-state index contributed by atoms with van der Waals surface area (Å²) in [6, 6.07) is 9.38. The molecule has 27 heavy (non-hydrogen) atoms. The van der Waals surface area contributed by atoms with Crippen molar-refractivity contribution in [2.24, 2.45) is 5.92 Å². The molecule has 140 valence electrons. The van der Waals surface area contributed by atoms with Crippen molar-refractivity contribution in [2.45, 2.75) is 12.8 Å². The molecule has 3 aromatic rings. The van der Waals surface area contributed by atoms with E-state index in [0.29, 0.717) is 29.1 Å². The first-order chi connectivity index (χ1) is 13.2. The highest BCUT2D eigenvalue weighted by Gasteiger charge is 2.24. The van der Waals surface area contributed by atoms with Crippen molar-refractivity contribution in [1.29, 1.82) is 0 Å². The quantitative estimate of drug-likeness (QED) is 0.727. The number of anilines is 2. The number of ether oxygens (including phenoxy) is 1. The minimum absolute atomic E-state index is 0.373. The number of aromatic nitrogens is 4. The van der Waals surface area contributed by atoms with Gasteiger partial charge in [0, 0.05) is 31.4 Å². The molecule has 0 spiro atoms. The Morgan fingerprint density at radius 2 is 2.04 bits per heavy atom. The van der Waals surface area contributed by atoms with Gasteiger partial charge in [0.1, 0.15) is 17.8 Å². The molecule has 1 fully saturated rings. The summed E-state index contributed by atoms with van der Waals surface area (Å²) < 4.78 is 7.59. The third-order valence-corrected chi connectivity index (χ3v) is 5.01. The number of nitrogens with zero attached hydrogens (tertiary/aromatic N) is 5. The average molecular weight is 385 g/mol. The Hall–Kier alpha value is -2.80. The number of rotatable bonds is 5. The highest BCUT2D eigenvalue weighted by atomic mass is 35.5. The van der Waals surface area contributed by atoms with Crippen LogP contribution in [0.2, 0.25) is 5.02 Å². The van der Waals surface area contributed by atoms with E-state index in [0.717, 1.165) is 37.5 Å². The van der Waals surface area contributed by atoms with Gasteiger partial charge in [-0.05, 0) is 31.0 Å². The summed E-state index contributed by atoms with van der Waals surface area (Å²) in [5, 5.41) is 4.85. The fraction of sp³-hybridized carbons (Fsp3) is 0.316. The second-order valence-corrected chi connectivity index (χ2v) is 6.99. The highest BCUT2D eigenvalue weighted by Crippen LogP contribution is 2.30. The minimum atomic E-state index is 0.373. The lowest BCUT2D eigenvalue weighted by atomic mass is 9.99. The maximum atomic E-state index is 6.36. The van der Waals surface area contributed by atoms with E-state index in [9.17, 15) is 0 Å². The van der Waals surface area contributed by atoms with Crippen LogP contribution >= 0.6 is 11.6 Å². The van der Waals surface area contributed by atoms with E-state index in [4.69, 9.17) is 22.1 Å². The third-order valence-electron chi connectivity index (χ3n) is 4.69. The summed E-state index contributed by atoms with van der Waals surface area (Å²) in [6.07, 6.45) is 7.20. The zero-order valence-electron chi connectivity index (χ0n) is 14.8. The van der Waals surface area contributed by atoms with Gasteiger partial charge in [-0.25, -0.2) is 14.6 Å². The van der Waals surface area contributed by atoms with Gasteiger partial charge < -0.3 is 15.4 Å². The zero-order valence-corrected chi connectivity index (χ0v) is 15.6. The van der Waals surface area contributed by atoms with Crippen LogP contribution in [0.4, 0.5) is 11.5 Å². The predicted octanol–water partition coefficient (Wildman–Crippen LogP) is 3.19. The second kappa shape index (κ2) is 7.84. The molecule has 1 unspecified atom stereocenters. The molecule has 7 nitrogen and oxygen atoms in total. The number of para-hydroxylation sites is 1. The molecule has 0 bridgehead atoms. The summed E-state index contributed by atoms with van der Waals surface area (Å²) in [4.78, 5) is 10.9. The molecule has 1 atom stereocenters. The van der Waals surface area contributed by atoms with Crippen LogP contribution in [-0.2, 0) is 0 Å². The summed E-state index contributed by atoms with van der Waals surface area (Å²) in [5.74, 6) is 2.44. The van der Waals surface area contributed by atoms with Gasteiger partial charge in [0.15, 0.2) is 11.6 Å². The van der Waals surface area contributed by atoms with E-state index in [-0.39, 0.29) is 0 Å². The van der Waals surface area contributed by atoms with Crippen LogP contribution in [0.5, 0.6) is 5.75 Å². The molecular formula is C19H21ClN6O. The molecular weight excluding hydrogens is 364 g/mol. The van der Waals surface area contributed by atoms with Gasteiger partial charge in [0.2, 0.25) is 0 Å². The van der Waals surface area contributed by atoms with Crippen molar-refractivity contribution in [1.82, 2.24) is 19.7 Å². The first kappa shape index (κ1) is 17.6. The van der Waals surface area contributed by atoms with E-state index in [2.05, 4.69) is 20.0 Å². The number of halogens is 1. The summed E-state index contributed by atoms with van der Waals surface area (Å²) in [6.45, 7) is 2.34. The van der Waals surface area contributed by atoms with Crippen LogP contribution < -0.4 is 15.4 Å². The SMILES string of the molecule is Nc1c(N2CCCC(COc3ccccc3Cl)C2)ncnc1-n1cccn1. The Bertz CT molecular complexity index is 901. The average Bonchev–Trinajstić information content (AvgIpc) is 3.22. The molecule has 0 amide bonds. The smallest absolute Gasteiger partial charge is 0.181 e. The molecule has 0 saturated carbocycles. The zero-order chi connectivity index (χ0) is 18.6. The lowest BCUT2D eigenvalue weighted by Crippen LogP contribution is -2.38. The largest absolute Gasteiger partial charge is 0.492 e. The van der Waals surface area contributed by atoms with Gasteiger partial charge in [-0.3, -0.25) is 0 Å². The Morgan fingerprint density at radius 1 is 1.19 bits per heavy atom. The topological polar surface area (TPSA) is 82.1 Å². The summed E-state index contributed by atoms with van der Waals surface area (Å²) in [7, 11) is 0. The van der Waals surface area contributed by atoms with E-state index in [1.807, 2.05) is 36.5 Å². The van der Waals surface area contributed by atoms with Crippen LogP contribution in [0.25, 0.3) is 5.82 Å². The lowest BCUT2D eigenvalue weighted by molar-refractivity contribution is 0.228. The normalized spacial score (nSPS) is 17.1. The number of nitrogen functional groups attached to an aromatic ring is 1. The standard InChI is InChI=1S/C19H21ClN6O/c20-15-6-1-2-7-16(15)27-12-14-5-3-9-25(11-14)18-17(21)19(23-13-22-18)26-10-4-8-24-26/h1-2,4,6-8,10,13-14H,3,5,9,11-12,21H2. The Kier molecular flexibility index (Phi) is 5.11. The van der Waals surface area contributed by atoms with Crippen molar-refractivity contribution in [3.05, 3.63) is 54.1 Å². The van der Waals surface area contributed by atoms with Crippen molar-refractivity contribution in [3.63, 3.8) is 0 Å². The molecule has 3 heterocycles.